The molecule has 2 aliphatic rings. The fourth-order valence-corrected chi connectivity index (χ4v) is 2.30. The van der Waals surface area contributed by atoms with Crippen molar-refractivity contribution in [3.8, 4) is 0 Å². The Morgan fingerprint density at radius 1 is 1.37 bits per heavy atom. The summed E-state index contributed by atoms with van der Waals surface area (Å²) in [6, 6.07) is -0.792. The van der Waals surface area contributed by atoms with E-state index in [0.29, 0.717) is 13.2 Å². The van der Waals surface area contributed by atoms with E-state index in [2.05, 4.69) is 5.32 Å². The van der Waals surface area contributed by atoms with Gasteiger partial charge in [-0.15, -0.1) is 0 Å². The lowest BCUT2D eigenvalue weighted by Gasteiger charge is -2.38. The summed E-state index contributed by atoms with van der Waals surface area (Å²) >= 11 is 0. The van der Waals surface area contributed by atoms with Gasteiger partial charge in [0.15, 0.2) is 0 Å². The summed E-state index contributed by atoms with van der Waals surface area (Å²) in [5.41, 5.74) is 0. The van der Waals surface area contributed by atoms with Gasteiger partial charge in [0.1, 0.15) is 12.1 Å². The maximum atomic E-state index is 12.3. The molecule has 2 atom stereocenters. The van der Waals surface area contributed by atoms with Crippen LogP contribution in [-0.4, -0.2) is 48.6 Å². The fraction of sp³-hybridized carbons (Fsp3) is 0.857. The maximum absolute atomic E-state index is 12.3. The van der Waals surface area contributed by atoms with Gasteiger partial charge in [-0.25, -0.2) is 0 Å². The number of carbonyl (C=O) groups is 2. The fourth-order valence-electron chi connectivity index (χ4n) is 2.30. The molecular formula is C14H24N2O3. The zero-order chi connectivity index (χ0) is 14.0. The largest absolute Gasteiger partial charge is 0.379 e. The molecule has 5 heteroatoms. The van der Waals surface area contributed by atoms with Crippen LogP contribution in [0.4, 0.5) is 0 Å². The Labute approximate surface area is 114 Å². The number of hydrogen-bond acceptors (Lipinski definition) is 3. The van der Waals surface area contributed by atoms with Crippen molar-refractivity contribution in [3.63, 3.8) is 0 Å². The number of carbonyl (C=O) groups excluding carboxylic acids is 2. The lowest BCUT2D eigenvalue weighted by molar-refractivity contribution is -0.150. The van der Waals surface area contributed by atoms with Crippen molar-refractivity contribution in [1.29, 1.82) is 0 Å². The second-order valence-corrected chi connectivity index (χ2v) is 5.96. The van der Waals surface area contributed by atoms with Gasteiger partial charge in [0, 0.05) is 13.2 Å². The molecule has 1 saturated carbocycles. The van der Waals surface area contributed by atoms with E-state index in [1.54, 1.807) is 11.8 Å². The molecule has 0 aromatic heterocycles. The van der Waals surface area contributed by atoms with Gasteiger partial charge in [-0.2, -0.15) is 0 Å². The molecule has 0 radical (unpaired) electrons. The first-order chi connectivity index (χ1) is 9.00. The minimum atomic E-state index is -0.396. The number of nitrogens with zero attached hydrogens (tertiary/aromatic N) is 1. The molecule has 5 nitrogen and oxygen atoms in total. The molecular weight excluding hydrogens is 244 g/mol. The van der Waals surface area contributed by atoms with Crippen molar-refractivity contribution in [1.82, 2.24) is 10.2 Å². The molecule has 2 amide bonds. The predicted octanol–water partition coefficient (Wildman–Crippen LogP) is 0.784. The van der Waals surface area contributed by atoms with Gasteiger partial charge >= 0.3 is 0 Å². The van der Waals surface area contributed by atoms with Crippen LogP contribution in [0.25, 0.3) is 0 Å². The molecule has 1 N–H and O–H groups in total. The van der Waals surface area contributed by atoms with Crippen LogP contribution in [0.5, 0.6) is 0 Å². The van der Waals surface area contributed by atoms with Gasteiger partial charge in [-0.3, -0.25) is 9.59 Å². The Balaban J connectivity index is 1.86. The molecule has 0 aromatic carbocycles. The molecule has 2 unspecified atom stereocenters. The molecule has 1 heterocycles. The minimum Gasteiger partial charge on any atom is -0.379 e. The van der Waals surface area contributed by atoms with Crippen LogP contribution in [0.3, 0.4) is 0 Å². The van der Waals surface area contributed by atoms with Crippen molar-refractivity contribution >= 4 is 11.8 Å². The van der Waals surface area contributed by atoms with Gasteiger partial charge in [0.2, 0.25) is 11.8 Å². The Kier molecular flexibility index (Phi) is 4.45. The van der Waals surface area contributed by atoms with Crippen molar-refractivity contribution in [2.75, 3.05) is 19.8 Å². The standard InChI is InChI=1S/C14H24N2O3/c1-9(2)12-14(18)16(10(3)13(17)15-12)6-7-19-8-11-4-5-11/h9-12H,4-8H2,1-3H3,(H,15,17). The molecule has 2 rings (SSSR count). The monoisotopic (exact) mass is 268 g/mol. The van der Waals surface area contributed by atoms with Crippen LogP contribution in [0.1, 0.15) is 33.6 Å². The maximum Gasteiger partial charge on any atom is 0.246 e. The highest BCUT2D eigenvalue weighted by Gasteiger charge is 2.39. The lowest BCUT2D eigenvalue weighted by atomic mass is 9.98. The van der Waals surface area contributed by atoms with Crippen molar-refractivity contribution in [2.24, 2.45) is 11.8 Å². The van der Waals surface area contributed by atoms with Crippen LogP contribution < -0.4 is 5.32 Å². The number of rotatable bonds is 6. The van der Waals surface area contributed by atoms with E-state index in [0.717, 1.165) is 12.5 Å². The van der Waals surface area contributed by atoms with Gasteiger partial charge in [-0.1, -0.05) is 13.8 Å². The minimum absolute atomic E-state index is 0.0112. The van der Waals surface area contributed by atoms with Crippen LogP contribution in [0.2, 0.25) is 0 Å². The van der Waals surface area contributed by atoms with Crippen LogP contribution in [0.15, 0.2) is 0 Å². The molecule has 1 aliphatic carbocycles. The van der Waals surface area contributed by atoms with E-state index < -0.39 is 12.1 Å². The Morgan fingerprint density at radius 3 is 2.63 bits per heavy atom. The van der Waals surface area contributed by atoms with Gasteiger partial charge in [0.05, 0.1) is 6.61 Å². The molecule has 0 bridgehead atoms. The number of piperazine rings is 1. The van der Waals surface area contributed by atoms with E-state index in [9.17, 15) is 9.59 Å². The summed E-state index contributed by atoms with van der Waals surface area (Å²) in [4.78, 5) is 25.8. The average molecular weight is 268 g/mol. The van der Waals surface area contributed by atoms with Gasteiger partial charge in [-0.05, 0) is 31.6 Å². The lowest BCUT2D eigenvalue weighted by Crippen LogP contribution is -2.64. The summed E-state index contributed by atoms with van der Waals surface area (Å²) in [7, 11) is 0. The number of nitrogens with one attached hydrogen (secondary N) is 1. The quantitative estimate of drug-likeness (QED) is 0.724. The Morgan fingerprint density at radius 2 is 2.05 bits per heavy atom. The summed E-state index contributed by atoms with van der Waals surface area (Å²) in [6.45, 7) is 7.47. The third-order valence-electron chi connectivity index (χ3n) is 3.89. The molecule has 1 aliphatic heterocycles. The van der Waals surface area contributed by atoms with Crippen molar-refractivity contribution in [2.45, 2.75) is 45.7 Å². The second-order valence-electron chi connectivity index (χ2n) is 5.96. The Bertz CT molecular complexity index is 353. The van der Waals surface area contributed by atoms with E-state index in [-0.39, 0.29) is 17.7 Å². The highest BCUT2D eigenvalue weighted by molar-refractivity contribution is 5.96. The first kappa shape index (κ1) is 14.3. The molecule has 0 aromatic rings. The van der Waals surface area contributed by atoms with Crippen molar-refractivity contribution < 1.29 is 14.3 Å². The summed E-state index contributed by atoms with van der Waals surface area (Å²) < 4.78 is 5.56. The predicted molar refractivity (Wildman–Crippen MR) is 71.5 cm³/mol. The van der Waals surface area contributed by atoms with Crippen LogP contribution in [-0.2, 0) is 14.3 Å². The molecule has 2 fully saturated rings. The van der Waals surface area contributed by atoms with E-state index >= 15 is 0 Å². The first-order valence-electron chi connectivity index (χ1n) is 7.19. The van der Waals surface area contributed by atoms with E-state index in [4.69, 9.17) is 4.74 Å². The number of amides is 2. The zero-order valence-corrected chi connectivity index (χ0v) is 12.0. The summed E-state index contributed by atoms with van der Waals surface area (Å²) in [5, 5.41) is 2.79. The topological polar surface area (TPSA) is 58.6 Å². The van der Waals surface area contributed by atoms with Gasteiger partial charge in [0.25, 0.3) is 0 Å². The van der Waals surface area contributed by atoms with E-state index in [1.807, 2.05) is 13.8 Å². The third-order valence-corrected chi connectivity index (χ3v) is 3.89. The molecule has 1 saturated heterocycles. The Hall–Kier alpha value is -1.10. The van der Waals surface area contributed by atoms with Crippen LogP contribution in [0, 0.1) is 11.8 Å². The van der Waals surface area contributed by atoms with Crippen LogP contribution >= 0.6 is 0 Å². The van der Waals surface area contributed by atoms with Gasteiger partial charge < -0.3 is 15.0 Å². The number of hydrogen-bond donors (Lipinski definition) is 1. The highest BCUT2D eigenvalue weighted by atomic mass is 16.5. The molecule has 0 spiro atoms. The smallest absolute Gasteiger partial charge is 0.246 e. The van der Waals surface area contributed by atoms with Crippen molar-refractivity contribution in [3.05, 3.63) is 0 Å². The summed E-state index contributed by atoms with van der Waals surface area (Å²) in [6.07, 6.45) is 2.52. The third kappa shape index (κ3) is 3.47. The normalized spacial score (nSPS) is 27.9. The SMILES string of the molecule is CC(C)C1NC(=O)C(C)N(CCOCC2CC2)C1=O. The first-order valence-corrected chi connectivity index (χ1v) is 7.19. The molecule has 19 heavy (non-hydrogen) atoms. The number of ether oxygens (including phenoxy) is 1. The zero-order valence-electron chi connectivity index (χ0n) is 12.0. The summed E-state index contributed by atoms with van der Waals surface area (Å²) in [5.74, 6) is 0.776. The molecule has 108 valence electrons. The van der Waals surface area contributed by atoms with E-state index in [1.165, 1.54) is 12.8 Å². The average Bonchev–Trinajstić information content (AvgIpc) is 3.16. The second kappa shape index (κ2) is 5.90. The highest BCUT2D eigenvalue weighted by Crippen LogP contribution is 2.28.